The second kappa shape index (κ2) is 3.89. The first-order valence-electron chi connectivity index (χ1n) is 3.99. The molecule has 1 heterocycles. The summed E-state index contributed by atoms with van der Waals surface area (Å²) < 4.78 is 0. The first-order chi connectivity index (χ1) is 6.13. The number of carbonyl (C=O) groups excluding carboxylic acids is 1. The van der Waals surface area contributed by atoms with E-state index in [2.05, 4.69) is 4.98 Å². The average molecular weight is 179 g/mol. The van der Waals surface area contributed by atoms with Gasteiger partial charge < -0.3 is 4.90 Å². The van der Waals surface area contributed by atoms with Gasteiger partial charge in [0.2, 0.25) is 0 Å². The van der Waals surface area contributed by atoms with Gasteiger partial charge in [-0.25, -0.2) is 9.78 Å². The molecule has 4 nitrogen and oxygen atoms in total. The molecule has 1 rings (SSSR count). The lowest BCUT2D eigenvalue weighted by atomic mass is 10.4. The third-order valence-corrected chi connectivity index (χ3v) is 1.66. The molecule has 0 unspecified atom stereocenters. The van der Waals surface area contributed by atoms with E-state index in [1.54, 1.807) is 33.4 Å². The molecule has 0 aromatic carbocycles. The van der Waals surface area contributed by atoms with Crippen molar-refractivity contribution in [3.63, 3.8) is 0 Å². The van der Waals surface area contributed by atoms with E-state index in [-0.39, 0.29) is 6.03 Å². The minimum absolute atomic E-state index is 0.0845. The molecule has 0 aliphatic carbocycles. The molecule has 70 valence electrons. The van der Waals surface area contributed by atoms with E-state index in [4.69, 9.17) is 0 Å². The molecule has 0 radical (unpaired) electrons. The van der Waals surface area contributed by atoms with Crippen molar-refractivity contribution in [1.82, 2.24) is 9.88 Å². The van der Waals surface area contributed by atoms with Crippen LogP contribution in [0.25, 0.3) is 0 Å². The SMILES string of the molecule is CN(C)C(=O)N(C)c1ccccn1. The van der Waals surface area contributed by atoms with Gasteiger partial charge in [0.1, 0.15) is 5.82 Å². The molecular formula is C9H13N3O. The third-order valence-electron chi connectivity index (χ3n) is 1.66. The van der Waals surface area contributed by atoms with Gasteiger partial charge in [-0.3, -0.25) is 4.90 Å². The molecule has 0 bridgehead atoms. The van der Waals surface area contributed by atoms with Crippen LogP contribution >= 0.6 is 0 Å². The maximum absolute atomic E-state index is 11.5. The number of nitrogens with zero attached hydrogens (tertiary/aromatic N) is 3. The lowest BCUT2D eigenvalue weighted by molar-refractivity contribution is 0.225. The Balaban J connectivity index is 2.80. The number of amides is 2. The van der Waals surface area contributed by atoms with Crippen molar-refractivity contribution in [3.05, 3.63) is 24.4 Å². The van der Waals surface area contributed by atoms with E-state index in [0.717, 1.165) is 0 Å². The predicted octanol–water partition coefficient (Wildman–Crippen LogP) is 1.20. The van der Waals surface area contributed by atoms with Crippen molar-refractivity contribution < 1.29 is 4.79 Å². The second-order valence-electron chi connectivity index (χ2n) is 2.92. The molecular weight excluding hydrogens is 166 g/mol. The third kappa shape index (κ3) is 2.18. The summed E-state index contributed by atoms with van der Waals surface area (Å²) in [5, 5.41) is 0. The van der Waals surface area contributed by atoms with Crippen LogP contribution in [0.1, 0.15) is 0 Å². The highest BCUT2D eigenvalue weighted by Gasteiger charge is 2.12. The molecule has 0 saturated carbocycles. The summed E-state index contributed by atoms with van der Waals surface area (Å²) >= 11 is 0. The minimum atomic E-state index is -0.0845. The maximum Gasteiger partial charge on any atom is 0.324 e. The molecule has 1 aromatic rings. The zero-order valence-corrected chi connectivity index (χ0v) is 8.06. The fraction of sp³-hybridized carbons (Fsp3) is 0.333. The highest BCUT2D eigenvalue weighted by molar-refractivity contribution is 5.89. The van der Waals surface area contributed by atoms with E-state index in [9.17, 15) is 4.79 Å². The summed E-state index contributed by atoms with van der Waals surface area (Å²) in [4.78, 5) is 18.5. The molecule has 0 spiro atoms. The van der Waals surface area contributed by atoms with Gasteiger partial charge in [0, 0.05) is 27.3 Å². The zero-order valence-electron chi connectivity index (χ0n) is 8.06. The monoisotopic (exact) mass is 179 g/mol. The number of hydrogen-bond acceptors (Lipinski definition) is 2. The summed E-state index contributed by atoms with van der Waals surface area (Å²) in [6.45, 7) is 0. The van der Waals surface area contributed by atoms with Gasteiger partial charge in [-0.15, -0.1) is 0 Å². The Morgan fingerprint density at radius 3 is 2.46 bits per heavy atom. The van der Waals surface area contributed by atoms with Crippen molar-refractivity contribution in [1.29, 1.82) is 0 Å². The van der Waals surface area contributed by atoms with E-state index < -0.39 is 0 Å². The minimum Gasteiger partial charge on any atom is -0.330 e. The fourth-order valence-electron chi connectivity index (χ4n) is 0.950. The van der Waals surface area contributed by atoms with Gasteiger partial charge in [0.25, 0.3) is 0 Å². The van der Waals surface area contributed by atoms with Crippen molar-refractivity contribution in [2.24, 2.45) is 0 Å². The lowest BCUT2D eigenvalue weighted by Crippen LogP contribution is -2.36. The Labute approximate surface area is 77.8 Å². The van der Waals surface area contributed by atoms with Gasteiger partial charge in [-0.2, -0.15) is 0 Å². The topological polar surface area (TPSA) is 36.4 Å². The summed E-state index contributed by atoms with van der Waals surface area (Å²) in [7, 11) is 5.12. The maximum atomic E-state index is 11.5. The van der Waals surface area contributed by atoms with Crippen LogP contribution in [-0.2, 0) is 0 Å². The van der Waals surface area contributed by atoms with Crippen molar-refractivity contribution in [2.45, 2.75) is 0 Å². The van der Waals surface area contributed by atoms with Crippen LogP contribution in [0.2, 0.25) is 0 Å². The number of rotatable bonds is 1. The molecule has 2 amide bonds. The highest BCUT2D eigenvalue weighted by atomic mass is 16.2. The van der Waals surface area contributed by atoms with Crippen LogP contribution in [0.5, 0.6) is 0 Å². The number of anilines is 1. The Hall–Kier alpha value is -1.58. The number of urea groups is 1. The van der Waals surface area contributed by atoms with E-state index in [0.29, 0.717) is 5.82 Å². The van der Waals surface area contributed by atoms with Gasteiger partial charge in [0.05, 0.1) is 0 Å². The molecule has 0 saturated heterocycles. The molecule has 1 aromatic heterocycles. The Kier molecular flexibility index (Phi) is 2.84. The average Bonchev–Trinajstić information content (AvgIpc) is 2.17. The molecule has 4 heteroatoms. The molecule has 0 N–H and O–H groups in total. The molecule has 0 aliphatic heterocycles. The quantitative estimate of drug-likeness (QED) is 0.649. The largest absolute Gasteiger partial charge is 0.330 e. The number of hydrogen-bond donors (Lipinski definition) is 0. The summed E-state index contributed by atoms with van der Waals surface area (Å²) in [6, 6.07) is 5.37. The smallest absolute Gasteiger partial charge is 0.324 e. The molecule has 0 atom stereocenters. The Morgan fingerprint density at radius 2 is 2.00 bits per heavy atom. The number of carbonyl (C=O) groups is 1. The van der Waals surface area contributed by atoms with Gasteiger partial charge >= 0.3 is 6.03 Å². The van der Waals surface area contributed by atoms with E-state index in [1.165, 1.54) is 9.80 Å². The standard InChI is InChI=1S/C9H13N3O/c1-11(2)9(13)12(3)8-6-4-5-7-10-8/h4-7H,1-3H3. The van der Waals surface area contributed by atoms with Crippen LogP contribution in [-0.4, -0.2) is 37.1 Å². The molecule has 0 fully saturated rings. The summed E-state index contributed by atoms with van der Waals surface area (Å²) in [5.41, 5.74) is 0. The van der Waals surface area contributed by atoms with Crippen LogP contribution < -0.4 is 4.90 Å². The van der Waals surface area contributed by atoms with Gasteiger partial charge in [-0.1, -0.05) is 6.07 Å². The highest BCUT2D eigenvalue weighted by Crippen LogP contribution is 2.07. The molecule has 0 aliphatic rings. The fourth-order valence-corrected chi connectivity index (χ4v) is 0.950. The van der Waals surface area contributed by atoms with Crippen LogP contribution in [0.15, 0.2) is 24.4 Å². The number of pyridine rings is 1. The van der Waals surface area contributed by atoms with Crippen molar-refractivity contribution in [2.75, 3.05) is 26.0 Å². The Morgan fingerprint density at radius 1 is 1.31 bits per heavy atom. The Bertz CT molecular complexity index is 284. The van der Waals surface area contributed by atoms with E-state index >= 15 is 0 Å². The van der Waals surface area contributed by atoms with Crippen molar-refractivity contribution in [3.8, 4) is 0 Å². The predicted molar refractivity (Wildman–Crippen MR) is 51.7 cm³/mol. The number of aromatic nitrogens is 1. The lowest BCUT2D eigenvalue weighted by Gasteiger charge is -2.20. The first kappa shape index (κ1) is 9.51. The van der Waals surface area contributed by atoms with Gasteiger partial charge in [-0.05, 0) is 12.1 Å². The summed E-state index contributed by atoms with van der Waals surface area (Å²) in [6.07, 6.45) is 1.66. The van der Waals surface area contributed by atoms with E-state index in [1.807, 2.05) is 12.1 Å². The van der Waals surface area contributed by atoms with Crippen molar-refractivity contribution >= 4 is 11.8 Å². The zero-order chi connectivity index (χ0) is 9.84. The van der Waals surface area contributed by atoms with Crippen LogP contribution in [0.3, 0.4) is 0 Å². The normalized spacial score (nSPS) is 9.46. The first-order valence-corrected chi connectivity index (χ1v) is 3.99. The van der Waals surface area contributed by atoms with Crippen LogP contribution in [0.4, 0.5) is 10.6 Å². The van der Waals surface area contributed by atoms with Crippen LogP contribution in [0, 0.1) is 0 Å². The summed E-state index contributed by atoms with van der Waals surface area (Å²) in [5.74, 6) is 0.654. The van der Waals surface area contributed by atoms with Gasteiger partial charge in [0.15, 0.2) is 0 Å². The molecule has 13 heavy (non-hydrogen) atoms. The second-order valence-corrected chi connectivity index (χ2v) is 2.92.